The summed E-state index contributed by atoms with van der Waals surface area (Å²) >= 11 is 0. The molecule has 3 heteroatoms. The fourth-order valence-electron chi connectivity index (χ4n) is 0.870. The summed E-state index contributed by atoms with van der Waals surface area (Å²) in [4.78, 5) is 7.20. The number of aromatic nitrogens is 2. The summed E-state index contributed by atoms with van der Waals surface area (Å²) in [5.41, 5.74) is 1.12. The summed E-state index contributed by atoms with van der Waals surface area (Å²) in [6.07, 6.45) is 3.68. The second kappa shape index (κ2) is 3.93. The minimum absolute atomic E-state index is 0.826. The lowest BCUT2D eigenvalue weighted by Gasteiger charge is -1.96. The van der Waals surface area contributed by atoms with E-state index in [1.54, 1.807) is 0 Å². The molecule has 0 aliphatic heterocycles. The summed E-state index contributed by atoms with van der Waals surface area (Å²) in [5, 5.41) is 3.18. The third-order valence-electron chi connectivity index (χ3n) is 1.36. The van der Waals surface area contributed by atoms with Gasteiger partial charge in [-0.25, -0.2) is 4.98 Å². The lowest BCUT2D eigenvalue weighted by atomic mass is 10.4. The molecule has 0 unspecified atom stereocenters. The van der Waals surface area contributed by atoms with Crippen LogP contribution in [-0.4, -0.2) is 16.5 Å². The highest BCUT2D eigenvalue weighted by atomic mass is 14.9. The van der Waals surface area contributed by atoms with Gasteiger partial charge in [-0.3, -0.25) is 0 Å². The SMILES string of the molecule is C=CCNCc1cnc(C)[nH]1. The van der Waals surface area contributed by atoms with Gasteiger partial charge in [-0.2, -0.15) is 0 Å². The number of nitrogens with zero attached hydrogens (tertiary/aromatic N) is 1. The molecular formula is C8H13N3. The van der Waals surface area contributed by atoms with Crippen LogP contribution in [0.4, 0.5) is 0 Å². The molecule has 0 atom stereocenters. The Balaban J connectivity index is 2.32. The van der Waals surface area contributed by atoms with Gasteiger partial charge in [-0.05, 0) is 6.92 Å². The molecule has 0 radical (unpaired) electrons. The first-order chi connectivity index (χ1) is 5.33. The second-order valence-electron chi connectivity index (χ2n) is 2.41. The zero-order chi connectivity index (χ0) is 8.10. The fraction of sp³-hybridized carbons (Fsp3) is 0.375. The molecule has 0 fully saturated rings. The van der Waals surface area contributed by atoms with Crippen LogP contribution in [0.25, 0.3) is 0 Å². The van der Waals surface area contributed by atoms with Gasteiger partial charge in [0.1, 0.15) is 5.82 Å². The van der Waals surface area contributed by atoms with Crippen molar-refractivity contribution in [3.63, 3.8) is 0 Å². The van der Waals surface area contributed by atoms with Crippen molar-refractivity contribution in [3.8, 4) is 0 Å². The molecule has 0 aliphatic rings. The van der Waals surface area contributed by atoms with Gasteiger partial charge in [0.25, 0.3) is 0 Å². The molecule has 0 aliphatic carbocycles. The number of nitrogens with one attached hydrogen (secondary N) is 2. The molecule has 2 N–H and O–H groups in total. The van der Waals surface area contributed by atoms with Crippen molar-refractivity contribution in [2.45, 2.75) is 13.5 Å². The first-order valence-electron chi connectivity index (χ1n) is 3.65. The Morgan fingerprint density at radius 3 is 3.18 bits per heavy atom. The van der Waals surface area contributed by atoms with Gasteiger partial charge >= 0.3 is 0 Å². The minimum atomic E-state index is 0.826. The Morgan fingerprint density at radius 1 is 1.82 bits per heavy atom. The van der Waals surface area contributed by atoms with Gasteiger partial charge in [-0.15, -0.1) is 6.58 Å². The quantitative estimate of drug-likeness (QED) is 0.497. The van der Waals surface area contributed by atoms with E-state index in [1.807, 2.05) is 19.2 Å². The number of hydrogen-bond acceptors (Lipinski definition) is 2. The van der Waals surface area contributed by atoms with Crippen molar-refractivity contribution in [3.05, 3.63) is 30.4 Å². The Kier molecular flexibility index (Phi) is 2.86. The highest BCUT2D eigenvalue weighted by Gasteiger charge is 1.93. The molecule has 60 valence electrons. The highest BCUT2D eigenvalue weighted by Crippen LogP contribution is 1.93. The zero-order valence-corrected chi connectivity index (χ0v) is 6.72. The van der Waals surface area contributed by atoms with Crippen LogP contribution in [0, 0.1) is 6.92 Å². The molecule has 3 nitrogen and oxygen atoms in total. The molecule has 11 heavy (non-hydrogen) atoms. The first-order valence-corrected chi connectivity index (χ1v) is 3.65. The van der Waals surface area contributed by atoms with Crippen LogP contribution < -0.4 is 5.32 Å². The maximum Gasteiger partial charge on any atom is 0.103 e. The number of aromatic amines is 1. The fourth-order valence-corrected chi connectivity index (χ4v) is 0.870. The number of imidazole rings is 1. The smallest absolute Gasteiger partial charge is 0.103 e. The summed E-state index contributed by atoms with van der Waals surface area (Å²) < 4.78 is 0. The molecule has 1 aromatic heterocycles. The van der Waals surface area contributed by atoms with Crippen molar-refractivity contribution in [2.75, 3.05) is 6.54 Å². The van der Waals surface area contributed by atoms with Crippen molar-refractivity contribution in [1.82, 2.24) is 15.3 Å². The molecule has 1 rings (SSSR count). The van der Waals surface area contributed by atoms with E-state index in [-0.39, 0.29) is 0 Å². The average Bonchev–Trinajstić information content (AvgIpc) is 2.37. The van der Waals surface area contributed by atoms with E-state index in [1.165, 1.54) is 0 Å². The molecule has 0 amide bonds. The van der Waals surface area contributed by atoms with E-state index in [9.17, 15) is 0 Å². The van der Waals surface area contributed by atoms with Crippen LogP contribution in [0.1, 0.15) is 11.5 Å². The Bertz CT molecular complexity index is 227. The largest absolute Gasteiger partial charge is 0.345 e. The third kappa shape index (κ3) is 2.55. The topological polar surface area (TPSA) is 40.7 Å². The minimum Gasteiger partial charge on any atom is -0.345 e. The standard InChI is InChI=1S/C8H13N3/c1-3-4-9-5-8-6-10-7(2)11-8/h3,6,9H,1,4-5H2,2H3,(H,10,11). The van der Waals surface area contributed by atoms with Crippen molar-refractivity contribution in [2.24, 2.45) is 0 Å². The first kappa shape index (κ1) is 8.01. The Morgan fingerprint density at radius 2 is 2.64 bits per heavy atom. The van der Waals surface area contributed by atoms with E-state index in [0.29, 0.717) is 0 Å². The van der Waals surface area contributed by atoms with Crippen LogP contribution >= 0.6 is 0 Å². The monoisotopic (exact) mass is 151 g/mol. The summed E-state index contributed by atoms with van der Waals surface area (Å²) in [5.74, 6) is 0.959. The Labute approximate surface area is 66.5 Å². The van der Waals surface area contributed by atoms with Crippen molar-refractivity contribution < 1.29 is 0 Å². The average molecular weight is 151 g/mol. The Hall–Kier alpha value is -1.09. The van der Waals surface area contributed by atoms with E-state index in [4.69, 9.17) is 0 Å². The molecule has 1 aromatic rings. The van der Waals surface area contributed by atoms with Gasteiger partial charge in [0.2, 0.25) is 0 Å². The predicted octanol–water partition coefficient (Wildman–Crippen LogP) is 0.994. The van der Waals surface area contributed by atoms with Gasteiger partial charge < -0.3 is 10.3 Å². The molecule has 0 saturated heterocycles. The van der Waals surface area contributed by atoms with Gasteiger partial charge in [-0.1, -0.05) is 6.08 Å². The van der Waals surface area contributed by atoms with Crippen LogP contribution in [-0.2, 0) is 6.54 Å². The molecule has 0 bridgehead atoms. The van der Waals surface area contributed by atoms with Gasteiger partial charge in [0.05, 0.1) is 0 Å². The third-order valence-corrected chi connectivity index (χ3v) is 1.36. The number of H-pyrrole nitrogens is 1. The summed E-state index contributed by atoms with van der Waals surface area (Å²) in [7, 11) is 0. The molecule has 0 aromatic carbocycles. The predicted molar refractivity (Wildman–Crippen MR) is 45.2 cm³/mol. The van der Waals surface area contributed by atoms with Gasteiger partial charge in [0, 0.05) is 25.0 Å². The zero-order valence-electron chi connectivity index (χ0n) is 6.72. The maximum atomic E-state index is 4.07. The van der Waals surface area contributed by atoms with Gasteiger partial charge in [0.15, 0.2) is 0 Å². The van der Waals surface area contributed by atoms with E-state index in [0.717, 1.165) is 24.6 Å². The normalized spacial score (nSPS) is 9.91. The maximum absolute atomic E-state index is 4.07. The van der Waals surface area contributed by atoms with E-state index in [2.05, 4.69) is 21.9 Å². The molecular weight excluding hydrogens is 138 g/mol. The lowest BCUT2D eigenvalue weighted by molar-refractivity contribution is 0.743. The van der Waals surface area contributed by atoms with Crippen molar-refractivity contribution in [1.29, 1.82) is 0 Å². The van der Waals surface area contributed by atoms with Crippen molar-refractivity contribution >= 4 is 0 Å². The van der Waals surface area contributed by atoms with Crippen LogP contribution in [0.5, 0.6) is 0 Å². The lowest BCUT2D eigenvalue weighted by Crippen LogP contribution is -2.12. The van der Waals surface area contributed by atoms with E-state index >= 15 is 0 Å². The molecule has 0 spiro atoms. The molecule has 1 heterocycles. The molecule has 0 saturated carbocycles. The summed E-state index contributed by atoms with van der Waals surface area (Å²) in [6.45, 7) is 7.21. The van der Waals surface area contributed by atoms with Crippen LogP contribution in [0.15, 0.2) is 18.9 Å². The van der Waals surface area contributed by atoms with Crippen LogP contribution in [0.3, 0.4) is 0 Å². The number of rotatable bonds is 4. The summed E-state index contributed by atoms with van der Waals surface area (Å²) in [6, 6.07) is 0. The van der Waals surface area contributed by atoms with Crippen LogP contribution in [0.2, 0.25) is 0 Å². The second-order valence-corrected chi connectivity index (χ2v) is 2.41. The number of aryl methyl sites for hydroxylation is 1. The highest BCUT2D eigenvalue weighted by molar-refractivity contribution is 4.99. The number of hydrogen-bond donors (Lipinski definition) is 2. The van der Waals surface area contributed by atoms with E-state index < -0.39 is 0 Å².